The van der Waals surface area contributed by atoms with Crippen LogP contribution in [-0.4, -0.2) is 23.1 Å². The average Bonchev–Trinajstić information content (AvgIpc) is 2.82. The first-order valence-electron chi connectivity index (χ1n) is 5.61. The number of nitrogens with one attached hydrogen (secondary N) is 2. The molecule has 2 rings (SSSR count). The molecule has 0 aliphatic carbocycles. The van der Waals surface area contributed by atoms with Crippen LogP contribution < -0.4 is 16.0 Å². The van der Waals surface area contributed by atoms with Crippen molar-refractivity contribution in [2.45, 2.75) is 4.90 Å². The first-order valence-corrected chi connectivity index (χ1v) is 7.09. The lowest BCUT2D eigenvalue weighted by Crippen LogP contribution is -2.18. The second-order valence-electron chi connectivity index (χ2n) is 4.06. The van der Waals surface area contributed by atoms with Crippen LogP contribution in [0.3, 0.4) is 0 Å². The van der Waals surface area contributed by atoms with Gasteiger partial charge in [0, 0.05) is 31.4 Å². The minimum Gasteiger partial charge on any atom is -0.323 e. The maximum absolute atomic E-state index is 12.3. The molecule has 112 valence electrons. The summed E-state index contributed by atoms with van der Waals surface area (Å²) in [5.41, 5.74) is 1.86. The Labute approximate surface area is 119 Å². The van der Waals surface area contributed by atoms with Gasteiger partial charge in [-0.3, -0.25) is 25.4 Å². The lowest BCUT2D eigenvalue weighted by molar-refractivity contribution is -0.385. The molecule has 0 aliphatic rings. The fourth-order valence-corrected chi connectivity index (χ4v) is 2.81. The van der Waals surface area contributed by atoms with Crippen molar-refractivity contribution in [2.75, 3.05) is 10.1 Å². The average molecular weight is 312 g/mol. The molecule has 0 spiro atoms. The summed E-state index contributed by atoms with van der Waals surface area (Å²) in [6.45, 7) is 0. The Morgan fingerprint density at radius 1 is 1.38 bits per heavy atom. The third kappa shape index (κ3) is 3.09. The van der Waals surface area contributed by atoms with Crippen molar-refractivity contribution in [3.8, 4) is 0 Å². The van der Waals surface area contributed by atoms with Crippen molar-refractivity contribution in [3.63, 3.8) is 0 Å². The third-order valence-electron chi connectivity index (χ3n) is 2.57. The number of rotatable bonds is 5. The maximum Gasteiger partial charge on any atom is 0.270 e. The normalized spacial score (nSPS) is 11.1. The zero-order chi connectivity index (χ0) is 15.6. The molecule has 0 fully saturated rings. The molecule has 0 bridgehead atoms. The largest absolute Gasteiger partial charge is 0.323 e. The molecule has 0 saturated carbocycles. The molecule has 1 aromatic carbocycles. The van der Waals surface area contributed by atoms with Crippen LogP contribution in [0.15, 0.2) is 35.4 Å². The molecule has 0 atom stereocenters. The van der Waals surface area contributed by atoms with Crippen LogP contribution in [0.2, 0.25) is 0 Å². The zero-order valence-electron chi connectivity index (χ0n) is 10.8. The van der Waals surface area contributed by atoms with E-state index in [9.17, 15) is 18.5 Å². The number of benzene rings is 1. The van der Waals surface area contributed by atoms with E-state index in [0.717, 1.165) is 12.1 Å². The SMILES string of the molecule is Cn1ccc(NS(=O)(=O)c2cc([N+](=O)[O-])ccc2NN)n1. The number of aromatic nitrogens is 2. The first-order chi connectivity index (χ1) is 9.83. The predicted molar refractivity (Wildman–Crippen MR) is 74.9 cm³/mol. The fraction of sp³-hybridized carbons (Fsp3) is 0.100. The monoisotopic (exact) mass is 312 g/mol. The van der Waals surface area contributed by atoms with Gasteiger partial charge in [0.2, 0.25) is 0 Å². The van der Waals surface area contributed by atoms with Crippen molar-refractivity contribution < 1.29 is 13.3 Å². The Hall–Kier alpha value is -2.66. The molecule has 1 aromatic heterocycles. The molecule has 4 N–H and O–H groups in total. The lowest BCUT2D eigenvalue weighted by atomic mass is 10.3. The van der Waals surface area contributed by atoms with Crippen LogP contribution in [0.5, 0.6) is 0 Å². The summed E-state index contributed by atoms with van der Waals surface area (Å²) < 4.78 is 28.2. The molecule has 11 heteroatoms. The van der Waals surface area contributed by atoms with E-state index in [1.165, 1.54) is 16.8 Å². The molecular formula is C10H12N6O4S. The summed E-state index contributed by atoms with van der Waals surface area (Å²) >= 11 is 0. The first kappa shape index (κ1) is 14.7. The van der Waals surface area contributed by atoms with Gasteiger partial charge in [-0.1, -0.05) is 0 Å². The number of nitro benzene ring substituents is 1. The number of aryl methyl sites for hydroxylation is 1. The van der Waals surface area contributed by atoms with Gasteiger partial charge in [-0.2, -0.15) is 5.10 Å². The third-order valence-corrected chi connectivity index (χ3v) is 3.97. The van der Waals surface area contributed by atoms with Gasteiger partial charge in [-0.05, 0) is 6.07 Å². The number of sulfonamides is 1. The minimum absolute atomic E-state index is 0.0315. The van der Waals surface area contributed by atoms with Crippen molar-refractivity contribution in [3.05, 3.63) is 40.6 Å². The van der Waals surface area contributed by atoms with Crippen LogP contribution in [-0.2, 0) is 17.1 Å². The highest BCUT2D eigenvalue weighted by Gasteiger charge is 2.23. The van der Waals surface area contributed by atoms with Crippen LogP contribution in [0, 0.1) is 10.1 Å². The molecule has 2 aromatic rings. The second kappa shape index (κ2) is 5.38. The summed E-state index contributed by atoms with van der Waals surface area (Å²) in [6.07, 6.45) is 1.55. The molecule has 1 heterocycles. The fourth-order valence-electron chi connectivity index (χ4n) is 1.63. The molecule has 0 saturated heterocycles. The smallest absolute Gasteiger partial charge is 0.270 e. The van der Waals surface area contributed by atoms with E-state index in [4.69, 9.17) is 5.84 Å². The van der Waals surface area contributed by atoms with Gasteiger partial charge in [-0.15, -0.1) is 0 Å². The Morgan fingerprint density at radius 2 is 2.10 bits per heavy atom. The van der Waals surface area contributed by atoms with Gasteiger partial charge in [0.05, 0.1) is 10.6 Å². The van der Waals surface area contributed by atoms with Crippen LogP contribution in [0.4, 0.5) is 17.2 Å². The van der Waals surface area contributed by atoms with E-state index in [1.54, 1.807) is 13.2 Å². The van der Waals surface area contributed by atoms with Gasteiger partial charge in [0.15, 0.2) is 5.82 Å². The standard InChI is InChI=1S/C10H12N6O4S/c1-15-5-4-10(13-15)14-21(19,20)9-6-7(16(17)18)2-3-8(9)12-11/h2-6,12H,11H2,1H3,(H,13,14). The Balaban J connectivity index is 2.47. The number of nitrogens with two attached hydrogens (primary N) is 1. The number of hydrazine groups is 1. The van der Waals surface area contributed by atoms with Crippen molar-refractivity contribution in [1.82, 2.24) is 9.78 Å². The summed E-state index contributed by atoms with van der Waals surface area (Å²) in [7, 11) is -2.45. The molecule has 21 heavy (non-hydrogen) atoms. The highest BCUT2D eigenvalue weighted by Crippen LogP contribution is 2.27. The summed E-state index contributed by atoms with van der Waals surface area (Å²) in [6, 6.07) is 4.73. The number of nitrogen functional groups attached to an aromatic ring is 1. The number of nitrogens with zero attached hydrogens (tertiary/aromatic N) is 3. The number of hydrogen-bond donors (Lipinski definition) is 3. The zero-order valence-corrected chi connectivity index (χ0v) is 11.7. The van der Waals surface area contributed by atoms with Crippen molar-refractivity contribution >= 4 is 27.2 Å². The van der Waals surface area contributed by atoms with Gasteiger partial charge in [-0.25, -0.2) is 8.42 Å². The van der Waals surface area contributed by atoms with E-state index in [-0.39, 0.29) is 22.1 Å². The number of anilines is 2. The van der Waals surface area contributed by atoms with Crippen molar-refractivity contribution in [2.24, 2.45) is 12.9 Å². The highest BCUT2D eigenvalue weighted by molar-refractivity contribution is 7.92. The minimum atomic E-state index is -4.07. The van der Waals surface area contributed by atoms with E-state index in [2.05, 4.69) is 15.2 Å². The Bertz CT molecular complexity index is 785. The van der Waals surface area contributed by atoms with Gasteiger partial charge in [0.25, 0.3) is 15.7 Å². The molecule has 0 radical (unpaired) electrons. The quantitative estimate of drug-likeness (QED) is 0.412. The van der Waals surface area contributed by atoms with Crippen LogP contribution in [0.25, 0.3) is 0 Å². The van der Waals surface area contributed by atoms with Gasteiger partial charge < -0.3 is 5.43 Å². The Kier molecular flexibility index (Phi) is 3.78. The van der Waals surface area contributed by atoms with Crippen LogP contribution in [0.1, 0.15) is 0 Å². The molecule has 0 unspecified atom stereocenters. The number of hydrogen-bond acceptors (Lipinski definition) is 7. The molecule has 0 aliphatic heterocycles. The van der Waals surface area contributed by atoms with Crippen LogP contribution >= 0.6 is 0 Å². The van der Waals surface area contributed by atoms with E-state index in [1.807, 2.05) is 0 Å². The van der Waals surface area contributed by atoms with Gasteiger partial charge >= 0.3 is 0 Å². The Morgan fingerprint density at radius 3 is 2.62 bits per heavy atom. The summed E-state index contributed by atoms with van der Waals surface area (Å²) in [5.74, 6) is 5.33. The second-order valence-corrected chi connectivity index (χ2v) is 5.71. The summed E-state index contributed by atoms with van der Waals surface area (Å²) in [4.78, 5) is 9.73. The summed E-state index contributed by atoms with van der Waals surface area (Å²) in [5, 5.41) is 14.6. The molecule has 10 nitrogen and oxygen atoms in total. The van der Waals surface area contributed by atoms with Crippen molar-refractivity contribution in [1.29, 1.82) is 0 Å². The molecular weight excluding hydrogens is 300 g/mol. The highest BCUT2D eigenvalue weighted by atomic mass is 32.2. The van der Waals surface area contributed by atoms with E-state index >= 15 is 0 Å². The maximum atomic E-state index is 12.3. The van der Waals surface area contributed by atoms with E-state index < -0.39 is 14.9 Å². The van der Waals surface area contributed by atoms with Gasteiger partial charge in [0.1, 0.15) is 4.90 Å². The number of nitro groups is 1. The topological polar surface area (TPSA) is 145 Å². The predicted octanol–water partition coefficient (Wildman–Crippen LogP) is 0.415. The number of non-ortho nitro benzene ring substituents is 1. The van der Waals surface area contributed by atoms with E-state index in [0.29, 0.717) is 0 Å². The lowest BCUT2D eigenvalue weighted by Gasteiger charge is -2.10. The molecule has 0 amide bonds.